The van der Waals surface area contributed by atoms with E-state index in [1.165, 1.54) is 0 Å². The number of pyridine rings is 2. The maximum Gasteiger partial charge on any atom is 0.127 e. The van der Waals surface area contributed by atoms with Gasteiger partial charge in [-0.25, -0.2) is 9.97 Å². The summed E-state index contributed by atoms with van der Waals surface area (Å²) in [4.78, 5) is 10.5. The third kappa shape index (κ3) is 6.37. The number of nitrogens with zero attached hydrogens (tertiary/aromatic N) is 2. The maximum atomic E-state index is 6.07. The molecule has 4 nitrogen and oxygen atoms in total. The summed E-state index contributed by atoms with van der Waals surface area (Å²) < 4.78 is 12.1. The lowest BCUT2D eigenvalue weighted by molar-refractivity contribution is 0.482. The summed E-state index contributed by atoms with van der Waals surface area (Å²) in [5.74, 6) is 3.15. The molecule has 0 saturated carbocycles. The largest absolute Gasteiger partial charge is 0.457 e. The number of aromatic nitrogens is 2. The Hall–Kier alpha value is -7.04. The van der Waals surface area contributed by atoms with Crippen LogP contribution in [0.5, 0.6) is 23.0 Å². The van der Waals surface area contributed by atoms with Crippen LogP contribution in [0.4, 0.5) is 0 Å². The van der Waals surface area contributed by atoms with Gasteiger partial charge in [-0.1, -0.05) is 97.1 Å². The summed E-state index contributed by atoms with van der Waals surface area (Å²) in [5, 5.41) is 2.14. The van der Waals surface area contributed by atoms with Gasteiger partial charge in [0.25, 0.3) is 0 Å². The molecule has 0 aliphatic carbocycles. The lowest BCUT2D eigenvalue weighted by Crippen LogP contribution is -1.94. The summed E-state index contributed by atoms with van der Waals surface area (Å²) in [6.45, 7) is 0. The number of rotatable bonds is 8. The average Bonchev–Trinajstić information content (AvgIpc) is 3.21. The van der Waals surface area contributed by atoms with Crippen LogP contribution in [-0.4, -0.2) is 9.97 Å². The second kappa shape index (κ2) is 13.7. The first kappa shape index (κ1) is 31.0. The van der Waals surface area contributed by atoms with Crippen molar-refractivity contribution in [3.8, 4) is 67.8 Å². The van der Waals surface area contributed by atoms with Gasteiger partial charge in [-0.3, -0.25) is 0 Å². The number of hydrogen-bond acceptors (Lipinski definition) is 4. The first-order chi connectivity index (χ1) is 25.7. The standard InChI is InChI=1S/C48H32N2O2/c1-5-13-33(14-6-1)41-30-45(35-21-25-39(26-22-35)51-37-17-9-3-10-18-37)49-47-32-48-44(29-43(41)47)42(34-15-7-2-8-16-34)31-46(50-48)36-23-27-40(28-24-36)52-38-19-11-4-12-20-38/h1-32H. The van der Waals surface area contributed by atoms with Crippen molar-refractivity contribution >= 4 is 21.8 Å². The minimum atomic E-state index is 0.773. The molecule has 246 valence electrons. The van der Waals surface area contributed by atoms with Gasteiger partial charge in [0.1, 0.15) is 23.0 Å². The number of ether oxygens (including phenoxy) is 2. The number of hydrogen-bond donors (Lipinski definition) is 0. The Morgan fingerprint density at radius 2 is 0.635 bits per heavy atom. The Morgan fingerprint density at radius 1 is 0.288 bits per heavy atom. The zero-order chi connectivity index (χ0) is 34.7. The zero-order valence-electron chi connectivity index (χ0n) is 28.2. The van der Waals surface area contributed by atoms with Crippen LogP contribution >= 0.6 is 0 Å². The zero-order valence-corrected chi connectivity index (χ0v) is 28.2. The topological polar surface area (TPSA) is 44.2 Å². The monoisotopic (exact) mass is 668 g/mol. The Kier molecular flexibility index (Phi) is 8.16. The molecular formula is C48H32N2O2. The van der Waals surface area contributed by atoms with Gasteiger partial charge in [-0.05, 0) is 119 Å². The van der Waals surface area contributed by atoms with E-state index in [1.807, 2.05) is 97.1 Å². The highest BCUT2D eigenvalue weighted by molar-refractivity contribution is 6.08. The fraction of sp³-hybridized carbons (Fsp3) is 0. The molecule has 4 heteroatoms. The van der Waals surface area contributed by atoms with Gasteiger partial charge in [0.15, 0.2) is 0 Å². The van der Waals surface area contributed by atoms with E-state index in [2.05, 4.69) is 97.1 Å². The van der Waals surface area contributed by atoms with E-state index in [1.54, 1.807) is 0 Å². The van der Waals surface area contributed by atoms with Crippen LogP contribution in [-0.2, 0) is 0 Å². The lowest BCUT2D eigenvalue weighted by atomic mass is 9.93. The van der Waals surface area contributed by atoms with Crippen molar-refractivity contribution in [1.29, 1.82) is 0 Å². The molecule has 0 aliphatic rings. The maximum absolute atomic E-state index is 6.07. The molecule has 9 aromatic rings. The highest BCUT2D eigenvalue weighted by Crippen LogP contribution is 2.39. The number of fused-ring (bicyclic) bond motifs is 2. The van der Waals surface area contributed by atoms with Gasteiger partial charge in [-0.15, -0.1) is 0 Å². The Labute approximate surface area is 302 Å². The highest BCUT2D eigenvalue weighted by Gasteiger charge is 2.16. The fourth-order valence-corrected chi connectivity index (χ4v) is 6.59. The second-order valence-corrected chi connectivity index (χ2v) is 12.6. The molecule has 2 aromatic heterocycles. The SMILES string of the molecule is c1ccc(Oc2ccc(-c3cc(-c4ccccc4)c4cc5c(-c6ccccc6)cc(-c6ccc(Oc7ccccc7)cc6)nc5cc4n3)cc2)cc1. The summed E-state index contributed by atoms with van der Waals surface area (Å²) in [6.07, 6.45) is 0. The molecule has 0 amide bonds. The van der Waals surface area contributed by atoms with Crippen LogP contribution in [0, 0.1) is 0 Å². The van der Waals surface area contributed by atoms with Crippen molar-refractivity contribution in [1.82, 2.24) is 9.97 Å². The molecule has 0 fully saturated rings. The third-order valence-corrected chi connectivity index (χ3v) is 9.17. The molecular weight excluding hydrogens is 637 g/mol. The quantitative estimate of drug-likeness (QED) is 0.151. The number of benzene rings is 7. The first-order valence-electron chi connectivity index (χ1n) is 17.3. The third-order valence-electron chi connectivity index (χ3n) is 9.17. The Balaban J connectivity index is 1.18. The lowest BCUT2D eigenvalue weighted by Gasteiger charge is -2.15. The van der Waals surface area contributed by atoms with Gasteiger partial charge in [-0.2, -0.15) is 0 Å². The van der Waals surface area contributed by atoms with Gasteiger partial charge in [0.2, 0.25) is 0 Å². The first-order valence-corrected chi connectivity index (χ1v) is 17.3. The minimum Gasteiger partial charge on any atom is -0.457 e. The summed E-state index contributed by atoms with van der Waals surface area (Å²) >= 11 is 0. The van der Waals surface area contributed by atoms with Crippen LogP contribution in [0.25, 0.3) is 66.6 Å². The molecule has 0 unspecified atom stereocenters. The highest BCUT2D eigenvalue weighted by atomic mass is 16.5. The van der Waals surface area contributed by atoms with Crippen molar-refractivity contribution < 1.29 is 9.47 Å². The van der Waals surface area contributed by atoms with E-state index in [4.69, 9.17) is 19.4 Å². The molecule has 0 spiro atoms. The molecule has 0 aliphatic heterocycles. The van der Waals surface area contributed by atoms with Crippen molar-refractivity contribution in [3.05, 3.63) is 194 Å². The van der Waals surface area contributed by atoms with Crippen LogP contribution in [0.3, 0.4) is 0 Å². The fourth-order valence-electron chi connectivity index (χ4n) is 6.59. The second-order valence-electron chi connectivity index (χ2n) is 12.6. The molecule has 9 rings (SSSR count). The normalized spacial score (nSPS) is 11.1. The molecule has 0 saturated heterocycles. The predicted molar refractivity (Wildman–Crippen MR) is 212 cm³/mol. The molecule has 0 N–H and O–H groups in total. The van der Waals surface area contributed by atoms with Crippen LogP contribution in [0.15, 0.2) is 194 Å². The molecule has 0 atom stereocenters. The van der Waals surface area contributed by atoms with E-state index < -0.39 is 0 Å². The molecule has 0 radical (unpaired) electrons. The van der Waals surface area contributed by atoms with E-state index in [0.717, 1.165) is 89.6 Å². The molecule has 52 heavy (non-hydrogen) atoms. The summed E-state index contributed by atoms with van der Waals surface area (Å²) in [6, 6.07) is 65.7. The van der Waals surface area contributed by atoms with E-state index in [0.29, 0.717) is 0 Å². The number of para-hydroxylation sites is 2. The minimum absolute atomic E-state index is 0.773. The van der Waals surface area contributed by atoms with E-state index in [-0.39, 0.29) is 0 Å². The van der Waals surface area contributed by atoms with Gasteiger partial charge in [0, 0.05) is 21.9 Å². The van der Waals surface area contributed by atoms with E-state index >= 15 is 0 Å². The average molecular weight is 669 g/mol. The van der Waals surface area contributed by atoms with Crippen molar-refractivity contribution in [3.63, 3.8) is 0 Å². The predicted octanol–water partition coefficient (Wildman–Crippen LogP) is 13.0. The summed E-state index contributed by atoms with van der Waals surface area (Å²) in [5.41, 5.74) is 10.0. The smallest absolute Gasteiger partial charge is 0.127 e. The van der Waals surface area contributed by atoms with Crippen LogP contribution in [0.1, 0.15) is 0 Å². The molecule has 0 bridgehead atoms. The van der Waals surface area contributed by atoms with Gasteiger partial charge >= 0.3 is 0 Å². The summed E-state index contributed by atoms with van der Waals surface area (Å²) in [7, 11) is 0. The van der Waals surface area contributed by atoms with E-state index in [9.17, 15) is 0 Å². The van der Waals surface area contributed by atoms with Crippen molar-refractivity contribution in [2.45, 2.75) is 0 Å². The van der Waals surface area contributed by atoms with Gasteiger partial charge in [0.05, 0.1) is 22.4 Å². The molecule has 7 aromatic carbocycles. The van der Waals surface area contributed by atoms with Crippen LogP contribution in [0.2, 0.25) is 0 Å². The Morgan fingerprint density at radius 3 is 1.02 bits per heavy atom. The van der Waals surface area contributed by atoms with Crippen molar-refractivity contribution in [2.75, 3.05) is 0 Å². The van der Waals surface area contributed by atoms with Crippen LogP contribution < -0.4 is 9.47 Å². The van der Waals surface area contributed by atoms with Gasteiger partial charge < -0.3 is 9.47 Å². The van der Waals surface area contributed by atoms with Crippen molar-refractivity contribution in [2.24, 2.45) is 0 Å². The molecule has 2 heterocycles. The Bertz CT molecular complexity index is 2440.